The maximum Gasteiger partial charge on any atom is 0.238 e. The third-order valence-corrected chi connectivity index (χ3v) is 6.42. The van der Waals surface area contributed by atoms with Crippen LogP contribution < -0.4 is 5.32 Å². The van der Waals surface area contributed by atoms with Crippen molar-refractivity contribution in [1.29, 1.82) is 0 Å². The van der Waals surface area contributed by atoms with E-state index in [1.165, 1.54) is 0 Å². The lowest BCUT2D eigenvalue weighted by molar-refractivity contribution is -0.118. The first kappa shape index (κ1) is 18.7. The van der Waals surface area contributed by atoms with Crippen LogP contribution in [0.25, 0.3) is 0 Å². The van der Waals surface area contributed by atoms with Crippen LogP contribution in [0.1, 0.15) is 23.3 Å². The summed E-state index contributed by atoms with van der Waals surface area (Å²) in [6, 6.07) is 9.30. The van der Waals surface area contributed by atoms with Gasteiger partial charge in [0.1, 0.15) is 5.76 Å². The Balaban J connectivity index is 1.71. The molecule has 26 heavy (non-hydrogen) atoms. The molecule has 0 spiro atoms. The van der Waals surface area contributed by atoms with E-state index in [4.69, 9.17) is 4.42 Å². The van der Waals surface area contributed by atoms with Crippen LogP contribution in [0, 0.1) is 13.8 Å². The number of rotatable bonds is 6. The van der Waals surface area contributed by atoms with Crippen molar-refractivity contribution in [1.82, 2.24) is 4.90 Å². The summed E-state index contributed by atoms with van der Waals surface area (Å²) in [4.78, 5) is 14.5. The van der Waals surface area contributed by atoms with E-state index in [1.54, 1.807) is 12.3 Å². The lowest BCUT2D eigenvalue weighted by Gasteiger charge is -2.26. The van der Waals surface area contributed by atoms with Gasteiger partial charge in [0, 0.05) is 11.7 Å². The standard InChI is InChI=1S/C19H24N2O4S/c1-14-5-6-18(15(2)10-14)20-19(22)12-21(11-17-4-3-8-25-17)16-7-9-26(23,24)13-16/h3-6,8,10,16H,7,9,11-13H2,1-2H3,(H,20,22)/t16-/m1/s1. The highest BCUT2D eigenvalue weighted by Crippen LogP contribution is 2.21. The van der Waals surface area contributed by atoms with E-state index in [-0.39, 0.29) is 30.0 Å². The van der Waals surface area contributed by atoms with Crippen LogP contribution in [0.2, 0.25) is 0 Å². The van der Waals surface area contributed by atoms with Gasteiger partial charge in [0.2, 0.25) is 5.91 Å². The molecule has 0 bridgehead atoms. The van der Waals surface area contributed by atoms with Crippen molar-refractivity contribution in [2.75, 3.05) is 23.4 Å². The van der Waals surface area contributed by atoms with Crippen molar-refractivity contribution in [3.05, 3.63) is 53.5 Å². The number of furan rings is 1. The fourth-order valence-corrected chi connectivity index (χ4v) is 5.07. The molecule has 1 amide bonds. The van der Waals surface area contributed by atoms with Crippen LogP contribution in [0.4, 0.5) is 5.69 Å². The normalized spacial score (nSPS) is 19.0. The fourth-order valence-electron chi connectivity index (χ4n) is 3.31. The highest BCUT2D eigenvalue weighted by molar-refractivity contribution is 7.91. The monoisotopic (exact) mass is 376 g/mol. The molecule has 1 saturated heterocycles. The minimum atomic E-state index is -3.03. The molecule has 1 N–H and O–H groups in total. The van der Waals surface area contributed by atoms with E-state index in [2.05, 4.69) is 5.32 Å². The number of hydrogen-bond donors (Lipinski definition) is 1. The zero-order valence-electron chi connectivity index (χ0n) is 15.1. The second kappa shape index (κ2) is 7.63. The second-order valence-electron chi connectivity index (χ2n) is 6.91. The Hall–Kier alpha value is -2.12. The summed E-state index contributed by atoms with van der Waals surface area (Å²) in [5.41, 5.74) is 2.91. The predicted molar refractivity (Wildman–Crippen MR) is 101 cm³/mol. The Kier molecular flexibility index (Phi) is 5.48. The molecule has 1 aromatic heterocycles. The fraction of sp³-hybridized carbons (Fsp3) is 0.421. The van der Waals surface area contributed by atoms with Gasteiger partial charge in [-0.2, -0.15) is 0 Å². The quantitative estimate of drug-likeness (QED) is 0.838. The highest BCUT2D eigenvalue weighted by Gasteiger charge is 2.33. The number of hydrogen-bond acceptors (Lipinski definition) is 5. The molecule has 7 heteroatoms. The summed E-state index contributed by atoms with van der Waals surface area (Å²) in [6.07, 6.45) is 2.12. The van der Waals surface area contributed by atoms with Gasteiger partial charge in [-0.05, 0) is 44.0 Å². The average Bonchev–Trinajstić information content (AvgIpc) is 3.19. The lowest BCUT2D eigenvalue weighted by atomic mass is 10.1. The maximum absolute atomic E-state index is 12.6. The van der Waals surface area contributed by atoms with Crippen molar-refractivity contribution in [2.24, 2.45) is 0 Å². The number of anilines is 1. The van der Waals surface area contributed by atoms with E-state index in [9.17, 15) is 13.2 Å². The van der Waals surface area contributed by atoms with Crippen molar-refractivity contribution >= 4 is 21.4 Å². The number of benzene rings is 1. The third kappa shape index (κ3) is 4.74. The van der Waals surface area contributed by atoms with E-state index in [0.717, 1.165) is 16.8 Å². The molecule has 0 aliphatic carbocycles. The van der Waals surface area contributed by atoms with E-state index >= 15 is 0 Å². The number of carbonyl (C=O) groups is 1. The summed E-state index contributed by atoms with van der Waals surface area (Å²) in [7, 11) is -3.03. The van der Waals surface area contributed by atoms with Crippen molar-refractivity contribution in [3.63, 3.8) is 0 Å². The van der Waals surface area contributed by atoms with Gasteiger partial charge in [-0.15, -0.1) is 0 Å². The topological polar surface area (TPSA) is 79.6 Å². The third-order valence-electron chi connectivity index (χ3n) is 4.67. The maximum atomic E-state index is 12.6. The summed E-state index contributed by atoms with van der Waals surface area (Å²) in [5, 5.41) is 2.93. The molecule has 3 rings (SSSR count). The number of sulfone groups is 1. The van der Waals surface area contributed by atoms with Crippen molar-refractivity contribution in [2.45, 2.75) is 32.9 Å². The molecule has 1 aromatic carbocycles. The van der Waals surface area contributed by atoms with Gasteiger partial charge in [-0.3, -0.25) is 9.69 Å². The van der Waals surface area contributed by atoms with Crippen LogP contribution in [0.15, 0.2) is 41.0 Å². The number of amides is 1. The van der Waals surface area contributed by atoms with E-state index in [1.807, 2.05) is 43.0 Å². The Bertz CT molecular complexity index is 875. The Labute approximate surface area is 154 Å². The van der Waals surface area contributed by atoms with E-state index < -0.39 is 9.84 Å². The zero-order chi connectivity index (χ0) is 18.7. The zero-order valence-corrected chi connectivity index (χ0v) is 15.9. The first-order chi connectivity index (χ1) is 12.3. The lowest BCUT2D eigenvalue weighted by Crippen LogP contribution is -2.41. The van der Waals surface area contributed by atoms with Crippen LogP contribution >= 0.6 is 0 Å². The molecule has 1 aliphatic rings. The summed E-state index contributed by atoms with van der Waals surface area (Å²) < 4.78 is 29.1. The van der Waals surface area contributed by atoms with Crippen molar-refractivity contribution < 1.29 is 17.6 Å². The Morgan fingerprint density at radius 1 is 1.31 bits per heavy atom. The molecule has 2 heterocycles. The molecule has 2 aromatic rings. The first-order valence-electron chi connectivity index (χ1n) is 8.66. The summed E-state index contributed by atoms with van der Waals surface area (Å²) >= 11 is 0. The van der Waals surface area contributed by atoms with Crippen LogP contribution in [0.5, 0.6) is 0 Å². The summed E-state index contributed by atoms with van der Waals surface area (Å²) in [6.45, 7) is 4.48. The van der Waals surface area contributed by atoms with Gasteiger partial charge in [-0.1, -0.05) is 17.7 Å². The van der Waals surface area contributed by atoms with Gasteiger partial charge < -0.3 is 9.73 Å². The predicted octanol–water partition coefficient (Wildman–Crippen LogP) is 2.52. The molecule has 1 atom stereocenters. The molecule has 140 valence electrons. The average molecular weight is 376 g/mol. The SMILES string of the molecule is Cc1ccc(NC(=O)CN(Cc2ccco2)[C@@H]2CCS(=O)(=O)C2)c(C)c1. The van der Waals surface area contributed by atoms with Gasteiger partial charge in [-0.25, -0.2) is 8.42 Å². The Morgan fingerprint density at radius 3 is 2.73 bits per heavy atom. The number of nitrogens with one attached hydrogen (secondary N) is 1. The largest absolute Gasteiger partial charge is 0.468 e. The summed E-state index contributed by atoms with van der Waals surface area (Å²) in [5.74, 6) is 0.816. The number of nitrogens with zero attached hydrogens (tertiary/aromatic N) is 1. The van der Waals surface area contributed by atoms with Crippen molar-refractivity contribution in [3.8, 4) is 0 Å². The van der Waals surface area contributed by atoms with Gasteiger partial charge in [0.05, 0.1) is 30.9 Å². The number of carbonyl (C=O) groups excluding carboxylic acids is 1. The Morgan fingerprint density at radius 2 is 2.12 bits per heavy atom. The van der Waals surface area contributed by atoms with Gasteiger partial charge in [0.25, 0.3) is 0 Å². The smallest absolute Gasteiger partial charge is 0.238 e. The molecule has 0 radical (unpaired) electrons. The molecular formula is C19H24N2O4S. The molecule has 0 unspecified atom stereocenters. The number of aryl methyl sites for hydroxylation is 2. The molecular weight excluding hydrogens is 352 g/mol. The molecule has 0 saturated carbocycles. The van der Waals surface area contributed by atoms with Gasteiger partial charge in [0.15, 0.2) is 9.84 Å². The highest BCUT2D eigenvalue weighted by atomic mass is 32.2. The first-order valence-corrected chi connectivity index (χ1v) is 10.5. The molecule has 1 aliphatic heterocycles. The second-order valence-corrected chi connectivity index (χ2v) is 9.14. The van der Waals surface area contributed by atoms with Crippen LogP contribution in [0.3, 0.4) is 0 Å². The van der Waals surface area contributed by atoms with E-state index in [0.29, 0.717) is 18.7 Å². The molecule has 1 fully saturated rings. The van der Waals surface area contributed by atoms with Gasteiger partial charge >= 0.3 is 0 Å². The van der Waals surface area contributed by atoms with Crippen LogP contribution in [-0.4, -0.2) is 43.3 Å². The molecule has 6 nitrogen and oxygen atoms in total. The minimum absolute atomic E-state index is 0.0878. The minimum Gasteiger partial charge on any atom is -0.468 e. The van der Waals surface area contributed by atoms with Crippen LogP contribution in [-0.2, 0) is 21.2 Å².